The van der Waals surface area contributed by atoms with Crippen LogP contribution in [0.15, 0.2) is 29.1 Å². The smallest absolute Gasteiger partial charge is 0.242 e. The van der Waals surface area contributed by atoms with E-state index in [4.69, 9.17) is 14.2 Å². The van der Waals surface area contributed by atoms with Gasteiger partial charge in [0.05, 0.1) is 38.8 Å². The van der Waals surface area contributed by atoms with Crippen molar-refractivity contribution in [2.24, 2.45) is 0 Å². The van der Waals surface area contributed by atoms with Crippen molar-refractivity contribution in [2.45, 2.75) is 38.3 Å². The molecule has 3 N–H and O–H groups in total. The molecule has 0 spiro atoms. The number of fused-ring (bicyclic) bond motifs is 3. The van der Waals surface area contributed by atoms with Crippen molar-refractivity contribution in [3.63, 3.8) is 0 Å². The number of benzene rings is 1. The molecule has 4 rings (SSSR count). The van der Waals surface area contributed by atoms with Gasteiger partial charge in [0.25, 0.3) is 0 Å². The van der Waals surface area contributed by atoms with Crippen molar-refractivity contribution in [1.82, 2.24) is 14.9 Å². The molecule has 47 heavy (non-hydrogen) atoms. The van der Waals surface area contributed by atoms with Gasteiger partial charge in [0.15, 0.2) is 11.5 Å². The third kappa shape index (κ3) is 8.86. The average Bonchev–Trinajstić information content (AvgIpc) is 3.30. The fourth-order valence-electron chi connectivity index (χ4n) is 5.90. The second-order valence-electron chi connectivity index (χ2n) is 11.2. The molecule has 1 aliphatic carbocycles. The van der Waals surface area contributed by atoms with E-state index in [2.05, 4.69) is 16.0 Å². The molecule has 258 valence electrons. The summed E-state index contributed by atoms with van der Waals surface area (Å²) in [4.78, 5) is 39.4. The molecule has 12 nitrogen and oxygen atoms in total. The number of nitrogens with one attached hydrogen (secondary N) is 3. The maximum atomic E-state index is 13.8. The highest BCUT2D eigenvalue weighted by Gasteiger charge is 2.30. The van der Waals surface area contributed by atoms with Crippen molar-refractivity contribution in [2.75, 3.05) is 75.5 Å². The van der Waals surface area contributed by atoms with Gasteiger partial charge in [-0.25, -0.2) is 12.7 Å². The summed E-state index contributed by atoms with van der Waals surface area (Å²) in [6.45, 7) is 2.34. The molecule has 2 atom stereocenters. The monoisotopic (exact) mass is 708 g/mol. The van der Waals surface area contributed by atoms with Gasteiger partial charge in [-0.1, -0.05) is 6.07 Å². The number of carbonyl (C=O) groups excluding carboxylic acids is 2. The van der Waals surface area contributed by atoms with Crippen LogP contribution in [0.4, 0.5) is 5.69 Å². The largest absolute Gasteiger partial charge is 0.493 e. The highest BCUT2D eigenvalue weighted by atomic mass is 32.2. The molecule has 15 heteroatoms. The summed E-state index contributed by atoms with van der Waals surface area (Å²) in [5.41, 5.74) is 2.73. The van der Waals surface area contributed by atoms with Gasteiger partial charge in [0.2, 0.25) is 33.0 Å². The van der Waals surface area contributed by atoms with E-state index in [0.717, 1.165) is 22.6 Å². The number of ether oxygens (including phenoxy) is 3. The third-order valence-electron chi connectivity index (χ3n) is 8.20. The number of methoxy groups -OCH3 is 3. The van der Waals surface area contributed by atoms with Gasteiger partial charge in [0.1, 0.15) is 6.04 Å². The molecular weight excluding hydrogens is 665 g/mol. The van der Waals surface area contributed by atoms with Crippen LogP contribution in [-0.4, -0.2) is 101 Å². The lowest BCUT2D eigenvalue weighted by Gasteiger charge is -2.25. The van der Waals surface area contributed by atoms with Crippen LogP contribution >= 0.6 is 23.5 Å². The number of hydrogen-bond acceptors (Lipinski definition) is 11. The number of amides is 2. The zero-order valence-corrected chi connectivity index (χ0v) is 29.9. The van der Waals surface area contributed by atoms with E-state index < -0.39 is 28.0 Å². The highest BCUT2D eigenvalue weighted by molar-refractivity contribution is 7.99. The SMILES string of the molecule is COc1cc2c(c(OC)c1OC)-c1ccc(N[C@H](CCSC)C(=O)NCCS(=O)(=O)N3CCSCC3)c(=O)cc1[C@H](NC(C)=O)CC2. The van der Waals surface area contributed by atoms with E-state index in [-0.39, 0.29) is 29.3 Å². The Labute approximate surface area is 285 Å². The van der Waals surface area contributed by atoms with E-state index in [9.17, 15) is 22.8 Å². The molecule has 0 aromatic heterocycles. The average molecular weight is 709 g/mol. The summed E-state index contributed by atoms with van der Waals surface area (Å²) in [5, 5.41) is 8.89. The number of nitrogens with zero attached hydrogens (tertiary/aromatic N) is 1. The number of sulfonamides is 1. The normalized spacial score (nSPS) is 16.9. The Bertz CT molecular complexity index is 1620. The van der Waals surface area contributed by atoms with Crippen molar-refractivity contribution in [3.8, 4) is 28.4 Å². The number of aryl methyl sites for hydroxylation is 1. The van der Waals surface area contributed by atoms with E-state index in [0.29, 0.717) is 66.5 Å². The van der Waals surface area contributed by atoms with E-state index >= 15 is 0 Å². The van der Waals surface area contributed by atoms with Crippen LogP contribution in [0.2, 0.25) is 0 Å². The zero-order valence-electron chi connectivity index (χ0n) is 27.5. The maximum Gasteiger partial charge on any atom is 0.242 e. The molecule has 0 unspecified atom stereocenters. The summed E-state index contributed by atoms with van der Waals surface area (Å²) < 4.78 is 44.2. The molecule has 1 saturated heterocycles. The first-order chi connectivity index (χ1) is 22.5. The minimum absolute atomic E-state index is 0.0381. The Balaban J connectivity index is 1.69. The lowest BCUT2D eigenvalue weighted by molar-refractivity contribution is -0.122. The second kappa shape index (κ2) is 16.8. The van der Waals surface area contributed by atoms with E-state index in [1.54, 1.807) is 42.8 Å². The predicted octanol–water partition coefficient (Wildman–Crippen LogP) is 2.89. The molecule has 2 amide bonds. The number of anilines is 1. The molecule has 0 saturated carbocycles. The fraction of sp³-hybridized carbons (Fsp3) is 0.531. The minimum Gasteiger partial charge on any atom is -0.493 e. The van der Waals surface area contributed by atoms with Crippen LogP contribution in [0.3, 0.4) is 0 Å². The number of carbonyl (C=O) groups is 2. The lowest BCUT2D eigenvalue weighted by atomic mass is 9.95. The van der Waals surface area contributed by atoms with Gasteiger partial charge < -0.3 is 30.2 Å². The molecule has 0 radical (unpaired) electrons. The van der Waals surface area contributed by atoms with Crippen LogP contribution in [0.1, 0.15) is 36.9 Å². The van der Waals surface area contributed by atoms with Crippen LogP contribution in [0.5, 0.6) is 17.2 Å². The van der Waals surface area contributed by atoms with E-state index in [1.165, 1.54) is 31.5 Å². The fourth-order valence-corrected chi connectivity index (χ4v) is 8.86. The third-order valence-corrected chi connectivity index (χ3v) is 11.7. The molecule has 1 aliphatic heterocycles. The van der Waals surface area contributed by atoms with Gasteiger partial charge >= 0.3 is 0 Å². The van der Waals surface area contributed by atoms with Gasteiger partial charge in [-0.15, -0.1) is 0 Å². The first-order valence-corrected chi connectivity index (χ1v) is 19.6. The van der Waals surface area contributed by atoms with Crippen LogP contribution in [0.25, 0.3) is 11.1 Å². The lowest BCUT2D eigenvalue weighted by Crippen LogP contribution is -2.45. The molecular formula is C32H44N4O8S3. The Morgan fingerprint density at radius 3 is 2.45 bits per heavy atom. The summed E-state index contributed by atoms with van der Waals surface area (Å²) >= 11 is 3.28. The first-order valence-electron chi connectivity index (χ1n) is 15.4. The summed E-state index contributed by atoms with van der Waals surface area (Å²) in [5.74, 6) is 2.67. The molecule has 0 bridgehead atoms. The van der Waals surface area contributed by atoms with Crippen molar-refractivity contribution in [1.29, 1.82) is 0 Å². The predicted molar refractivity (Wildman–Crippen MR) is 189 cm³/mol. The minimum atomic E-state index is -3.49. The van der Waals surface area contributed by atoms with Gasteiger partial charge in [-0.2, -0.15) is 23.5 Å². The van der Waals surface area contributed by atoms with Crippen LogP contribution in [-0.2, 0) is 26.0 Å². The first kappa shape index (κ1) is 36.7. The van der Waals surface area contributed by atoms with Crippen molar-refractivity contribution < 1.29 is 32.2 Å². The second-order valence-corrected chi connectivity index (χ2v) is 15.5. The van der Waals surface area contributed by atoms with Crippen molar-refractivity contribution >= 4 is 51.0 Å². The Morgan fingerprint density at radius 1 is 1.09 bits per heavy atom. The molecule has 2 aromatic rings. The van der Waals surface area contributed by atoms with Gasteiger partial charge in [-0.3, -0.25) is 14.4 Å². The molecule has 2 aromatic carbocycles. The number of rotatable bonds is 14. The highest BCUT2D eigenvalue weighted by Crippen LogP contribution is 2.50. The molecule has 1 heterocycles. The molecule has 2 aliphatic rings. The Hall–Kier alpha value is -3.14. The van der Waals surface area contributed by atoms with Gasteiger partial charge in [0, 0.05) is 43.6 Å². The standard InChI is InChI=1S/C32H44N4O8S3/c1-20(37)34-24-8-6-21-18-28(42-2)30(43-3)31(44-4)29(21)22-7-9-25(27(38)19-23(22)24)35-26(10-14-45-5)32(39)33-11-17-47(40,41)36-12-15-46-16-13-36/h7,9,18-19,24,26H,6,8,10-17H2,1-5H3,(H,33,39)(H,34,37)(H,35,38)/t24-,26-/m1/s1. The summed E-state index contributed by atoms with van der Waals surface area (Å²) in [7, 11) is 1.12. The van der Waals surface area contributed by atoms with E-state index in [1.807, 2.05) is 12.3 Å². The van der Waals surface area contributed by atoms with Crippen LogP contribution in [0, 0.1) is 0 Å². The van der Waals surface area contributed by atoms with Crippen LogP contribution < -0.4 is 35.6 Å². The van der Waals surface area contributed by atoms with Crippen molar-refractivity contribution in [3.05, 3.63) is 45.6 Å². The number of hydrogen-bond donors (Lipinski definition) is 3. The Kier molecular flexibility index (Phi) is 13.1. The number of thioether (sulfide) groups is 2. The van der Waals surface area contributed by atoms with Gasteiger partial charge in [-0.05, 0) is 66.2 Å². The maximum absolute atomic E-state index is 13.8. The summed E-state index contributed by atoms with van der Waals surface area (Å²) in [6, 6.07) is 5.55. The molecule has 1 fully saturated rings. The quantitative estimate of drug-likeness (QED) is 0.266. The summed E-state index contributed by atoms with van der Waals surface area (Å²) in [6.07, 6.45) is 3.41. The zero-order chi connectivity index (χ0) is 34.1. The topological polar surface area (TPSA) is 152 Å². The Morgan fingerprint density at radius 2 is 1.81 bits per heavy atom.